The number of anilines is 1. The number of halogens is 4. The lowest BCUT2D eigenvalue weighted by Crippen LogP contribution is -2.54. The number of rotatable bonds is 4. The van der Waals surface area contributed by atoms with Crippen molar-refractivity contribution in [2.24, 2.45) is 0 Å². The average Bonchev–Trinajstić information content (AvgIpc) is 3.16. The minimum absolute atomic E-state index is 0.227. The predicted octanol–water partition coefficient (Wildman–Crippen LogP) is 6.70. The monoisotopic (exact) mass is 529 g/mol. The number of amides is 1. The van der Waals surface area contributed by atoms with Gasteiger partial charge in [0.05, 0.1) is 0 Å². The fraction of sp³-hybridized carbons (Fsp3) is 0.259. The number of hydrogen-bond donors (Lipinski definition) is 0. The predicted molar refractivity (Wildman–Crippen MR) is 140 cm³/mol. The van der Waals surface area contributed by atoms with Gasteiger partial charge in [-0.25, -0.2) is 9.37 Å². The first-order valence-corrected chi connectivity index (χ1v) is 12.5. The van der Waals surface area contributed by atoms with Crippen LogP contribution >= 0.6 is 34.8 Å². The molecule has 2 atom stereocenters. The molecule has 35 heavy (non-hydrogen) atoms. The second-order valence-corrected chi connectivity index (χ2v) is 10.3. The van der Waals surface area contributed by atoms with Crippen molar-refractivity contribution in [3.8, 4) is 0 Å². The van der Waals surface area contributed by atoms with Gasteiger partial charge in [0.25, 0.3) is 5.91 Å². The molecule has 0 aliphatic carbocycles. The zero-order chi connectivity index (χ0) is 24.6. The van der Waals surface area contributed by atoms with Crippen molar-refractivity contribution in [2.45, 2.75) is 18.0 Å². The minimum atomic E-state index is -1.16. The summed E-state index contributed by atoms with van der Waals surface area (Å²) in [5.41, 5.74) is 2.16. The van der Waals surface area contributed by atoms with E-state index in [1.54, 1.807) is 23.1 Å². The number of benzene rings is 2. The van der Waals surface area contributed by atoms with Crippen molar-refractivity contribution in [3.63, 3.8) is 0 Å². The van der Waals surface area contributed by atoms with Crippen LogP contribution in [0.1, 0.15) is 27.9 Å². The number of likely N-dealkylation sites (tertiary alicyclic amines) is 1. The Hall–Kier alpha value is -2.44. The third-order valence-corrected chi connectivity index (χ3v) is 7.57. The number of pyridine rings is 1. The summed E-state index contributed by atoms with van der Waals surface area (Å²) in [6, 6.07) is 16.1. The lowest BCUT2D eigenvalue weighted by Gasteiger charge is -2.42. The highest BCUT2D eigenvalue weighted by molar-refractivity contribution is 6.31. The van der Waals surface area contributed by atoms with Gasteiger partial charge in [0.1, 0.15) is 11.3 Å². The van der Waals surface area contributed by atoms with Crippen LogP contribution in [0.3, 0.4) is 0 Å². The standard InChI is InChI=1S/C27H23Cl3FN3O/c28-20-5-3-18(4-6-20)2-1-12-33-13-10-27(24(31)16-33)17-34(23-8-7-21(29)15-22(23)27)26(35)19-9-11-32-25(30)14-19/h1-9,11,14-15,24H,10,12-13,16-17H2/t24-,27-/m1/s1. The van der Waals surface area contributed by atoms with Crippen LogP contribution in [0.5, 0.6) is 0 Å². The first-order chi connectivity index (χ1) is 16.9. The molecule has 0 saturated carbocycles. The van der Waals surface area contributed by atoms with Crippen LogP contribution in [0.15, 0.2) is 66.9 Å². The third kappa shape index (κ3) is 4.83. The Labute approximate surface area is 218 Å². The summed E-state index contributed by atoms with van der Waals surface area (Å²) in [4.78, 5) is 21.1. The van der Waals surface area contributed by atoms with Gasteiger partial charge in [-0.3, -0.25) is 9.69 Å². The molecule has 2 aliphatic rings. The molecule has 1 amide bonds. The van der Waals surface area contributed by atoms with E-state index < -0.39 is 11.6 Å². The Morgan fingerprint density at radius 2 is 1.86 bits per heavy atom. The van der Waals surface area contributed by atoms with Crippen molar-refractivity contribution in [2.75, 3.05) is 31.1 Å². The summed E-state index contributed by atoms with van der Waals surface area (Å²) >= 11 is 18.3. The van der Waals surface area contributed by atoms with Gasteiger partial charge in [0.15, 0.2) is 0 Å². The molecule has 1 aromatic heterocycles. The number of aromatic nitrogens is 1. The van der Waals surface area contributed by atoms with Crippen LogP contribution in [0.4, 0.5) is 10.1 Å². The van der Waals surface area contributed by atoms with Gasteiger partial charge < -0.3 is 4.90 Å². The third-order valence-electron chi connectivity index (χ3n) is 6.88. The van der Waals surface area contributed by atoms with Gasteiger partial charge in [-0.05, 0) is 66.6 Å². The lowest BCUT2D eigenvalue weighted by atomic mass is 9.73. The van der Waals surface area contributed by atoms with Crippen molar-refractivity contribution < 1.29 is 9.18 Å². The molecule has 0 radical (unpaired) electrons. The van der Waals surface area contributed by atoms with Gasteiger partial charge in [-0.1, -0.05) is 59.1 Å². The van der Waals surface area contributed by atoms with E-state index in [0.717, 1.165) is 11.1 Å². The van der Waals surface area contributed by atoms with E-state index in [9.17, 15) is 4.79 Å². The number of carbonyl (C=O) groups excluding carboxylic acids is 1. The highest BCUT2D eigenvalue weighted by Gasteiger charge is 2.52. The largest absolute Gasteiger partial charge is 0.307 e. The van der Waals surface area contributed by atoms with Crippen LogP contribution in [-0.4, -0.2) is 48.1 Å². The lowest BCUT2D eigenvalue weighted by molar-refractivity contribution is 0.0714. The van der Waals surface area contributed by atoms with E-state index >= 15 is 4.39 Å². The highest BCUT2D eigenvalue weighted by atomic mass is 35.5. The Morgan fingerprint density at radius 3 is 2.60 bits per heavy atom. The zero-order valence-corrected chi connectivity index (χ0v) is 21.1. The Morgan fingerprint density at radius 1 is 1.09 bits per heavy atom. The smallest absolute Gasteiger partial charge is 0.258 e. The van der Waals surface area contributed by atoms with Gasteiger partial charge in [-0.15, -0.1) is 0 Å². The number of hydrogen-bond acceptors (Lipinski definition) is 3. The van der Waals surface area contributed by atoms with E-state index in [2.05, 4.69) is 9.88 Å². The van der Waals surface area contributed by atoms with Gasteiger partial charge in [0.2, 0.25) is 0 Å². The molecule has 3 aromatic rings. The molecule has 4 nitrogen and oxygen atoms in total. The summed E-state index contributed by atoms with van der Waals surface area (Å²) in [5, 5.41) is 1.47. The summed E-state index contributed by atoms with van der Waals surface area (Å²) in [6.07, 6.45) is 4.97. The van der Waals surface area contributed by atoms with E-state index in [1.807, 2.05) is 42.5 Å². The highest BCUT2D eigenvalue weighted by Crippen LogP contribution is 2.49. The fourth-order valence-corrected chi connectivity index (χ4v) is 5.51. The van der Waals surface area contributed by atoms with Crippen LogP contribution in [0.25, 0.3) is 6.08 Å². The maximum Gasteiger partial charge on any atom is 0.258 e. The zero-order valence-electron chi connectivity index (χ0n) is 18.8. The van der Waals surface area contributed by atoms with Gasteiger partial charge in [-0.2, -0.15) is 0 Å². The van der Waals surface area contributed by atoms with Crippen molar-refractivity contribution >= 4 is 52.5 Å². The van der Waals surface area contributed by atoms with E-state index in [4.69, 9.17) is 34.8 Å². The van der Waals surface area contributed by atoms with Crippen LogP contribution in [0.2, 0.25) is 15.2 Å². The van der Waals surface area contributed by atoms with Crippen LogP contribution < -0.4 is 4.90 Å². The summed E-state index contributed by atoms with van der Waals surface area (Å²) in [6.45, 7) is 1.89. The van der Waals surface area contributed by atoms with Gasteiger partial charge >= 0.3 is 0 Å². The minimum Gasteiger partial charge on any atom is -0.307 e. The first kappa shape index (κ1) is 24.3. The molecule has 0 bridgehead atoms. The van der Waals surface area contributed by atoms with Crippen LogP contribution in [-0.2, 0) is 5.41 Å². The maximum absolute atomic E-state index is 16.0. The second-order valence-electron chi connectivity index (χ2n) is 9.01. The number of carbonyl (C=O) groups is 1. The summed E-state index contributed by atoms with van der Waals surface area (Å²) in [5.74, 6) is -0.227. The number of piperidine rings is 1. The molecule has 2 aromatic carbocycles. The molecular weight excluding hydrogens is 508 g/mol. The topological polar surface area (TPSA) is 36.4 Å². The van der Waals surface area contributed by atoms with E-state index in [1.165, 1.54) is 12.3 Å². The quantitative estimate of drug-likeness (QED) is 0.352. The molecule has 5 rings (SSSR count). The van der Waals surface area contributed by atoms with Crippen LogP contribution in [0, 0.1) is 0 Å². The second kappa shape index (κ2) is 9.90. The first-order valence-electron chi connectivity index (χ1n) is 11.4. The SMILES string of the molecule is O=C(c1ccnc(Cl)c1)N1C[C@]2(CCN(CC=Cc3ccc(Cl)cc3)C[C@H]2F)c2cc(Cl)ccc21. The number of alkyl halides is 1. The molecule has 1 spiro atoms. The molecule has 1 fully saturated rings. The van der Waals surface area contributed by atoms with Crippen molar-refractivity contribution in [1.29, 1.82) is 0 Å². The molecule has 3 heterocycles. The molecule has 0 N–H and O–H groups in total. The Bertz CT molecular complexity index is 1280. The van der Waals surface area contributed by atoms with Crippen molar-refractivity contribution in [1.82, 2.24) is 9.88 Å². The Balaban J connectivity index is 1.35. The summed E-state index contributed by atoms with van der Waals surface area (Å²) < 4.78 is 16.0. The average molecular weight is 531 g/mol. The van der Waals surface area contributed by atoms with Crippen molar-refractivity contribution in [3.05, 3.63) is 98.8 Å². The van der Waals surface area contributed by atoms with E-state index in [-0.39, 0.29) is 24.1 Å². The number of fused-ring (bicyclic) bond motifs is 2. The molecule has 8 heteroatoms. The fourth-order valence-electron chi connectivity index (χ4n) is 5.03. The van der Waals surface area contributed by atoms with Gasteiger partial charge in [0, 0.05) is 52.5 Å². The maximum atomic E-state index is 16.0. The molecule has 0 unspecified atom stereocenters. The summed E-state index contributed by atoms with van der Waals surface area (Å²) in [7, 11) is 0. The molecule has 2 aliphatic heterocycles. The van der Waals surface area contributed by atoms with E-state index in [0.29, 0.717) is 40.8 Å². The normalized spacial score (nSPS) is 22.2. The molecule has 1 saturated heterocycles. The molecule has 180 valence electrons. The Kier molecular flexibility index (Phi) is 6.86. The number of nitrogens with zero attached hydrogens (tertiary/aromatic N) is 3. The molecular formula is C27H23Cl3FN3O.